The van der Waals surface area contributed by atoms with E-state index < -0.39 is 0 Å². The predicted octanol–water partition coefficient (Wildman–Crippen LogP) is 2.18. The van der Waals surface area contributed by atoms with Crippen molar-refractivity contribution in [1.82, 2.24) is 10.3 Å². The summed E-state index contributed by atoms with van der Waals surface area (Å²) in [5, 5.41) is 22.6. The lowest BCUT2D eigenvalue weighted by Gasteiger charge is -2.27. The van der Waals surface area contributed by atoms with Gasteiger partial charge in [0.1, 0.15) is 12.4 Å². The van der Waals surface area contributed by atoms with E-state index >= 15 is 0 Å². The average Bonchev–Trinajstić information content (AvgIpc) is 2.47. The van der Waals surface area contributed by atoms with Crippen LogP contribution in [0.2, 0.25) is 0 Å². The van der Waals surface area contributed by atoms with Crippen molar-refractivity contribution in [3.63, 3.8) is 0 Å². The molecule has 3 rings (SSSR count). The fraction of sp³-hybridized carbons (Fsp3) is 0.267. The minimum Gasteiger partial charge on any atom is -0.504 e. The van der Waals surface area contributed by atoms with Gasteiger partial charge in [0.15, 0.2) is 11.5 Å². The summed E-state index contributed by atoms with van der Waals surface area (Å²) in [6, 6.07) is 6.84. The monoisotopic (exact) mass is 308 g/mol. The van der Waals surface area contributed by atoms with Gasteiger partial charge >= 0.3 is 0 Å². The number of nitrogens with one attached hydrogen (secondary N) is 1. The molecule has 0 aliphatic carbocycles. The number of pyridine rings is 1. The van der Waals surface area contributed by atoms with Crippen molar-refractivity contribution in [1.29, 1.82) is 0 Å². The van der Waals surface area contributed by atoms with Crippen molar-refractivity contribution in [3.05, 3.63) is 47.8 Å². The number of rotatable bonds is 3. The third-order valence-corrected chi connectivity index (χ3v) is 3.46. The molecule has 0 fully saturated rings. The number of hydrogen-bond acceptors (Lipinski definition) is 5. The quantitative estimate of drug-likeness (QED) is 0.758. The van der Waals surface area contributed by atoms with Crippen molar-refractivity contribution in [2.45, 2.75) is 12.5 Å². The second-order valence-electron chi connectivity index (χ2n) is 4.79. The average molecular weight is 309 g/mol. The maximum absolute atomic E-state index is 9.65. The van der Waals surface area contributed by atoms with Crippen LogP contribution in [0.25, 0.3) is 0 Å². The largest absolute Gasteiger partial charge is 0.504 e. The third-order valence-electron chi connectivity index (χ3n) is 3.46. The number of phenolic OH excluding ortho intramolecular Hbond substituents is 2. The van der Waals surface area contributed by atoms with Crippen LogP contribution in [-0.2, 0) is 6.42 Å². The zero-order chi connectivity index (χ0) is 13.9. The van der Waals surface area contributed by atoms with Gasteiger partial charge in [0.2, 0.25) is 0 Å². The molecule has 0 spiro atoms. The minimum absolute atomic E-state index is 0. The molecule has 0 amide bonds. The highest BCUT2D eigenvalue weighted by molar-refractivity contribution is 5.85. The molecule has 0 radical (unpaired) electrons. The van der Waals surface area contributed by atoms with Gasteiger partial charge in [-0.25, -0.2) is 0 Å². The van der Waals surface area contributed by atoms with Crippen LogP contribution in [0, 0.1) is 0 Å². The van der Waals surface area contributed by atoms with Gasteiger partial charge in [0, 0.05) is 12.4 Å². The second kappa shape index (κ2) is 6.65. The molecule has 1 aliphatic heterocycles. The number of aromatic nitrogens is 1. The molecule has 112 valence electrons. The summed E-state index contributed by atoms with van der Waals surface area (Å²) in [4.78, 5) is 3.94. The Labute approximate surface area is 129 Å². The van der Waals surface area contributed by atoms with E-state index in [1.54, 1.807) is 36.7 Å². The molecule has 0 saturated carbocycles. The van der Waals surface area contributed by atoms with E-state index in [0.29, 0.717) is 6.61 Å². The van der Waals surface area contributed by atoms with Crippen LogP contribution in [0.4, 0.5) is 0 Å². The highest BCUT2D eigenvalue weighted by Gasteiger charge is 2.22. The van der Waals surface area contributed by atoms with Gasteiger partial charge in [-0.1, -0.05) is 0 Å². The van der Waals surface area contributed by atoms with Crippen LogP contribution in [0.5, 0.6) is 17.2 Å². The number of hydrogen-bond donors (Lipinski definition) is 3. The maximum Gasteiger partial charge on any atom is 0.157 e. The Bertz CT molecular complexity index is 607. The lowest BCUT2D eigenvalue weighted by molar-refractivity contribution is 0.260. The fourth-order valence-corrected chi connectivity index (χ4v) is 2.43. The van der Waals surface area contributed by atoms with Gasteiger partial charge in [0.25, 0.3) is 0 Å². The second-order valence-corrected chi connectivity index (χ2v) is 4.79. The van der Waals surface area contributed by atoms with Crippen LogP contribution >= 0.6 is 12.4 Å². The van der Waals surface area contributed by atoms with E-state index in [9.17, 15) is 10.2 Å². The van der Waals surface area contributed by atoms with E-state index in [1.165, 1.54) is 0 Å². The van der Waals surface area contributed by atoms with Gasteiger partial charge in [-0.2, -0.15) is 0 Å². The Balaban J connectivity index is 0.00000161. The molecule has 21 heavy (non-hydrogen) atoms. The smallest absolute Gasteiger partial charge is 0.157 e. The molecule has 1 aromatic heterocycles. The first kappa shape index (κ1) is 15.4. The molecule has 5 nitrogen and oxygen atoms in total. The molecule has 1 unspecified atom stereocenters. The maximum atomic E-state index is 9.65. The molecule has 0 bridgehead atoms. The molecule has 2 heterocycles. The molecule has 3 N–H and O–H groups in total. The Hall–Kier alpha value is -1.98. The molecule has 0 saturated heterocycles. The lowest BCUT2D eigenvalue weighted by Crippen LogP contribution is -2.33. The van der Waals surface area contributed by atoms with E-state index in [0.717, 1.165) is 29.8 Å². The normalized spacial score (nSPS) is 16.7. The van der Waals surface area contributed by atoms with Crippen LogP contribution in [-0.4, -0.2) is 28.3 Å². The number of fused-ring (bicyclic) bond motifs is 1. The fourth-order valence-electron chi connectivity index (χ4n) is 2.43. The van der Waals surface area contributed by atoms with E-state index in [-0.39, 0.29) is 29.9 Å². The summed E-state index contributed by atoms with van der Waals surface area (Å²) >= 11 is 0. The molecule has 6 heteroatoms. The Morgan fingerprint density at radius 2 is 1.90 bits per heavy atom. The predicted molar refractivity (Wildman–Crippen MR) is 81.2 cm³/mol. The van der Waals surface area contributed by atoms with Crippen LogP contribution < -0.4 is 10.1 Å². The number of phenols is 2. The van der Waals surface area contributed by atoms with Crippen molar-refractivity contribution >= 4 is 12.4 Å². The highest BCUT2D eigenvalue weighted by atomic mass is 35.5. The van der Waals surface area contributed by atoms with E-state index in [4.69, 9.17) is 4.74 Å². The number of ether oxygens (including phenoxy) is 1. The molecular weight excluding hydrogens is 292 g/mol. The number of nitrogens with zero attached hydrogens (tertiary/aromatic N) is 1. The Morgan fingerprint density at radius 1 is 1.19 bits per heavy atom. The zero-order valence-corrected chi connectivity index (χ0v) is 12.1. The van der Waals surface area contributed by atoms with Gasteiger partial charge < -0.3 is 20.3 Å². The topological polar surface area (TPSA) is 74.6 Å². The molecule has 1 aliphatic rings. The van der Waals surface area contributed by atoms with Gasteiger partial charge in [-0.05, 0) is 48.4 Å². The summed E-state index contributed by atoms with van der Waals surface area (Å²) in [6.07, 6.45) is 4.19. The Morgan fingerprint density at radius 3 is 2.67 bits per heavy atom. The first-order valence-electron chi connectivity index (χ1n) is 6.55. The van der Waals surface area contributed by atoms with Crippen molar-refractivity contribution in [2.24, 2.45) is 0 Å². The van der Waals surface area contributed by atoms with Gasteiger partial charge in [-0.15, -0.1) is 12.4 Å². The lowest BCUT2D eigenvalue weighted by atomic mass is 9.94. The zero-order valence-electron chi connectivity index (χ0n) is 11.3. The summed E-state index contributed by atoms with van der Waals surface area (Å²) < 4.78 is 5.73. The minimum atomic E-state index is -0.0960. The summed E-state index contributed by atoms with van der Waals surface area (Å²) in [7, 11) is 0. The van der Waals surface area contributed by atoms with Gasteiger partial charge in [0.05, 0.1) is 6.04 Å². The van der Waals surface area contributed by atoms with Crippen LogP contribution in [0.15, 0.2) is 36.7 Å². The van der Waals surface area contributed by atoms with Crippen LogP contribution in [0.3, 0.4) is 0 Å². The Kier molecular flexibility index (Phi) is 4.88. The van der Waals surface area contributed by atoms with Crippen molar-refractivity contribution < 1.29 is 14.9 Å². The number of aromatic hydroxyl groups is 2. The van der Waals surface area contributed by atoms with Gasteiger partial charge in [-0.3, -0.25) is 4.98 Å². The summed E-state index contributed by atoms with van der Waals surface area (Å²) in [5.74, 6) is 0.595. The molecule has 1 atom stereocenters. The van der Waals surface area contributed by atoms with E-state index in [2.05, 4.69) is 10.3 Å². The molecular formula is C15H17ClN2O3. The first-order chi connectivity index (χ1) is 9.74. The van der Waals surface area contributed by atoms with Crippen molar-refractivity contribution in [2.75, 3.05) is 13.2 Å². The van der Waals surface area contributed by atoms with Crippen LogP contribution in [0.1, 0.15) is 17.2 Å². The number of halogens is 1. The first-order valence-corrected chi connectivity index (χ1v) is 6.55. The molecule has 2 aromatic rings. The highest BCUT2D eigenvalue weighted by Crippen LogP contribution is 2.33. The third kappa shape index (κ3) is 3.37. The summed E-state index contributed by atoms with van der Waals surface area (Å²) in [6.45, 7) is 1.28. The van der Waals surface area contributed by atoms with E-state index in [1.807, 2.05) is 0 Å². The number of benzene rings is 1. The van der Waals surface area contributed by atoms with Crippen molar-refractivity contribution in [3.8, 4) is 17.2 Å². The SMILES string of the molecule is Cl.Oc1cc2c(cc1O)C(COc1ccncc1)NCC2. The summed E-state index contributed by atoms with van der Waals surface area (Å²) in [5.41, 5.74) is 2.02. The molecule has 1 aromatic carbocycles. The standard InChI is InChI=1S/C15H16N2O3.ClH/c18-14-7-10-1-6-17-13(12(10)8-15(14)19)9-20-11-2-4-16-5-3-11;/h2-5,7-8,13,17-19H,1,6,9H2;1H.